The molecule has 1 fully saturated rings. The zero-order chi connectivity index (χ0) is 20.6. The largest absolute Gasteiger partial charge is 0.573 e. The molecule has 1 aliphatic heterocycles. The lowest BCUT2D eigenvalue weighted by atomic mass is 10.1. The van der Waals surface area contributed by atoms with Crippen molar-refractivity contribution in [1.29, 1.82) is 0 Å². The number of hydrogen-bond donors (Lipinski definition) is 0. The highest BCUT2D eigenvalue weighted by Gasteiger charge is 2.33. The average molecular weight is 424 g/mol. The van der Waals surface area contributed by atoms with E-state index in [1.165, 1.54) is 12.1 Å². The number of thioether (sulfide) groups is 1. The lowest BCUT2D eigenvalue weighted by molar-refractivity contribution is -0.274. The van der Waals surface area contributed by atoms with Crippen LogP contribution in [0.5, 0.6) is 11.5 Å². The van der Waals surface area contributed by atoms with Crippen LogP contribution in [0.3, 0.4) is 0 Å². The van der Waals surface area contributed by atoms with Gasteiger partial charge in [-0.05, 0) is 36.8 Å². The fourth-order valence-corrected chi connectivity index (χ4v) is 4.85. The Bertz CT molecular complexity index is 1000. The van der Waals surface area contributed by atoms with Gasteiger partial charge in [-0.25, -0.2) is 0 Å². The summed E-state index contributed by atoms with van der Waals surface area (Å²) >= 11 is 1.77. The Hall–Kier alpha value is -2.39. The van der Waals surface area contributed by atoms with Gasteiger partial charge in [-0.15, -0.1) is 24.9 Å². The highest BCUT2D eigenvalue weighted by Crippen LogP contribution is 2.46. The predicted molar refractivity (Wildman–Crippen MR) is 104 cm³/mol. The fraction of sp³-hybridized carbons (Fsp3) is 0.350. The van der Waals surface area contributed by atoms with Crippen LogP contribution in [0.4, 0.5) is 13.2 Å². The van der Waals surface area contributed by atoms with E-state index in [1.807, 2.05) is 19.1 Å². The molecule has 4 rings (SSSR count). The number of benzene rings is 2. The zero-order valence-corrected chi connectivity index (χ0v) is 16.6. The van der Waals surface area contributed by atoms with Gasteiger partial charge in [0.25, 0.3) is 0 Å². The van der Waals surface area contributed by atoms with Crippen molar-refractivity contribution in [3.05, 3.63) is 53.2 Å². The van der Waals surface area contributed by atoms with Crippen LogP contribution in [0.2, 0.25) is 0 Å². The molecule has 0 radical (unpaired) electrons. The van der Waals surface area contributed by atoms with Crippen molar-refractivity contribution in [2.75, 3.05) is 19.4 Å². The van der Waals surface area contributed by atoms with Crippen molar-refractivity contribution in [1.82, 2.24) is 10.1 Å². The Labute approximate surface area is 169 Å². The van der Waals surface area contributed by atoms with Gasteiger partial charge in [0.1, 0.15) is 11.5 Å². The Morgan fingerprint density at radius 2 is 1.97 bits per heavy atom. The van der Waals surface area contributed by atoms with E-state index >= 15 is 0 Å². The number of nitrogens with zero attached hydrogens (tertiary/aromatic N) is 2. The fourth-order valence-electron chi connectivity index (χ4n) is 3.50. The number of fused-ring (bicyclic) bond motifs is 1. The number of methoxy groups -OCH3 is 1. The topological polar surface area (TPSA) is 47.7 Å². The lowest BCUT2D eigenvalue weighted by Gasteiger charge is -2.25. The molecule has 1 aliphatic rings. The molecular weight excluding hydrogens is 405 g/mol. The molecule has 1 atom stereocenters. The molecule has 0 spiro atoms. The summed E-state index contributed by atoms with van der Waals surface area (Å²) in [5, 5.41) is 5.03. The van der Waals surface area contributed by atoms with Gasteiger partial charge in [0, 0.05) is 24.2 Å². The van der Waals surface area contributed by atoms with Crippen LogP contribution in [-0.2, 0) is 6.54 Å². The molecule has 1 unspecified atom stereocenters. The summed E-state index contributed by atoms with van der Waals surface area (Å²) in [7, 11) is 1.62. The van der Waals surface area contributed by atoms with E-state index in [4.69, 9.17) is 9.26 Å². The van der Waals surface area contributed by atoms with E-state index in [1.54, 1.807) is 31.0 Å². The summed E-state index contributed by atoms with van der Waals surface area (Å²) in [5.74, 6) is 1.43. The molecule has 29 heavy (non-hydrogen) atoms. The van der Waals surface area contributed by atoms with Crippen molar-refractivity contribution < 1.29 is 27.2 Å². The van der Waals surface area contributed by atoms with Crippen LogP contribution in [-0.4, -0.2) is 35.8 Å². The zero-order valence-electron chi connectivity index (χ0n) is 15.8. The van der Waals surface area contributed by atoms with Gasteiger partial charge in [0.2, 0.25) is 0 Å². The third kappa shape index (κ3) is 4.16. The molecule has 0 N–H and O–H groups in total. The van der Waals surface area contributed by atoms with E-state index in [0.29, 0.717) is 12.1 Å². The number of aryl methyl sites for hydroxylation is 1. The standard InChI is InChI=1S/C20H19F3N2O3S/c1-12-15-7-8-16(26-2)17(18(15)28-24-12)19-25(9-10-29-19)11-13-3-5-14(6-4-13)27-20(21,22)23/h3-8,19H,9-11H2,1-2H3. The van der Waals surface area contributed by atoms with E-state index in [0.717, 1.165) is 40.3 Å². The van der Waals surface area contributed by atoms with E-state index in [2.05, 4.69) is 14.8 Å². The third-order valence-electron chi connectivity index (χ3n) is 4.82. The second-order valence-corrected chi connectivity index (χ2v) is 7.90. The van der Waals surface area contributed by atoms with Crippen molar-refractivity contribution in [3.8, 4) is 11.5 Å². The Morgan fingerprint density at radius 3 is 2.66 bits per heavy atom. The molecule has 1 saturated heterocycles. The summed E-state index contributed by atoms with van der Waals surface area (Å²) in [4.78, 5) is 2.25. The second-order valence-electron chi connectivity index (χ2n) is 6.71. The molecule has 5 nitrogen and oxygen atoms in total. The monoisotopic (exact) mass is 424 g/mol. The molecular formula is C20H19F3N2O3S. The van der Waals surface area contributed by atoms with Gasteiger partial charge in [0.05, 0.1) is 23.7 Å². The van der Waals surface area contributed by atoms with Crippen molar-refractivity contribution in [2.45, 2.75) is 25.2 Å². The maximum Gasteiger partial charge on any atom is 0.573 e. The summed E-state index contributed by atoms with van der Waals surface area (Å²) in [6.07, 6.45) is -4.69. The number of aromatic nitrogens is 1. The summed E-state index contributed by atoms with van der Waals surface area (Å²) in [6.45, 7) is 3.31. The Kier molecular flexibility index (Phi) is 5.35. The third-order valence-corrected chi connectivity index (χ3v) is 6.08. The minimum atomic E-state index is -4.69. The van der Waals surface area contributed by atoms with Gasteiger partial charge in [-0.2, -0.15) is 0 Å². The van der Waals surface area contributed by atoms with Crippen LogP contribution >= 0.6 is 11.8 Å². The first-order valence-corrected chi connectivity index (χ1v) is 10.0. The molecule has 1 aromatic heterocycles. The number of hydrogen-bond acceptors (Lipinski definition) is 6. The maximum absolute atomic E-state index is 12.4. The van der Waals surface area contributed by atoms with Crippen LogP contribution in [0.1, 0.15) is 22.2 Å². The summed E-state index contributed by atoms with van der Waals surface area (Å²) < 4.78 is 52.2. The number of halogens is 3. The Morgan fingerprint density at radius 1 is 1.21 bits per heavy atom. The number of alkyl halides is 3. The molecule has 0 amide bonds. The van der Waals surface area contributed by atoms with E-state index < -0.39 is 6.36 Å². The molecule has 9 heteroatoms. The molecule has 0 saturated carbocycles. The van der Waals surface area contributed by atoms with Gasteiger partial charge in [-0.3, -0.25) is 4.90 Å². The lowest BCUT2D eigenvalue weighted by Crippen LogP contribution is -2.23. The number of ether oxygens (including phenoxy) is 2. The van der Waals surface area contributed by atoms with Crippen molar-refractivity contribution in [3.63, 3.8) is 0 Å². The molecule has 0 bridgehead atoms. The van der Waals surface area contributed by atoms with Gasteiger partial charge in [0.15, 0.2) is 5.58 Å². The van der Waals surface area contributed by atoms with E-state index in [-0.39, 0.29) is 11.1 Å². The van der Waals surface area contributed by atoms with Gasteiger partial charge < -0.3 is 14.0 Å². The van der Waals surface area contributed by atoms with Crippen molar-refractivity contribution in [2.24, 2.45) is 0 Å². The normalized spacial score (nSPS) is 17.8. The number of rotatable bonds is 5. The average Bonchev–Trinajstić information content (AvgIpc) is 3.28. The van der Waals surface area contributed by atoms with Gasteiger partial charge >= 0.3 is 6.36 Å². The first-order chi connectivity index (χ1) is 13.9. The maximum atomic E-state index is 12.4. The molecule has 154 valence electrons. The molecule has 2 heterocycles. The van der Waals surface area contributed by atoms with Crippen LogP contribution in [0.25, 0.3) is 11.0 Å². The summed E-state index contributed by atoms with van der Waals surface area (Å²) in [5.41, 5.74) is 3.36. The van der Waals surface area contributed by atoms with Crippen molar-refractivity contribution >= 4 is 22.7 Å². The molecule has 0 aliphatic carbocycles. The highest BCUT2D eigenvalue weighted by molar-refractivity contribution is 7.99. The SMILES string of the molecule is COc1ccc2c(C)noc2c1C1SCCN1Cc1ccc(OC(F)(F)F)cc1. The van der Waals surface area contributed by atoms with Crippen LogP contribution in [0.15, 0.2) is 40.9 Å². The first kappa shape index (κ1) is 19.9. The van der Waals surface area contributed by atoms with E-state index in [9.17, 15) is 13.2 Å². The predicted octanol–water partition coefficient (Wildman–Crippen LogP) is 5.29. The smallest absolute Gasteiger partial charge is 0.496 e. The quantitative estimate of drug-likeness (QED) is 0.555. The highest BCUT2D eigenvalue weighted by atomic mass is 32.2. The Balaban J connectivity index is 1.60. The molecule has 2 aromatic carbocycles. The van der Waals surface area contributed by atoms with Gasteiger partial charge in [-0.1, -0.05) is 17.3 Å². The molecule has 3 aromatic rings. The summed E-state index contributed by atoms with van der Waals surface area (Å²) in [6, 6.07) is 9.83. The minimum Gasteiger partial charge on any atom is -0.496 e. The first-order valence-electron chi connectivity index (χ1n) is 8.99. The van der Waals surface area contributed by atoms with Crippen LogP contribution < -0.4 is 9.47 Å². The van der Waals surface area contributed by atoms with Crippen LogP contribution in [0, 0.1) is 6.92 Å². The second kappa shape index (κ2) is 7.79. The minimum absolute atomic E-state index is 0.00731.